The molecule has 1 aliphatic carbocycles. The molecular formula is C41H50O6. The molecule has 2 unspecified atom stereocenters. The van der Waals surface area contributed by atoms with Gasteiger partial charge in [-0.25, -0.2) is 9.59 Å². The average molecular weight is 639 g/mol. The number of allylic oxidation sites excluding steroid dienone is 2. The van der Waals surface area contributed by atoms with Gasteiger partial charge in [-0.2, -0.15) is 0 Å². The van der Waals surface area contributed by atoms with Crippen molar-refractivity contribution in [2.24, 2.45) is 0 Å². The third-order valence-electron chi connectivity index (χ3n) is 8.75. The van der Waals surface area contributed by atoms with E-state index in [4.69, 9.17) is 18.9 Å². The largest absolute Gasteiger partial charge is 0.493 e. The number of aryl methyl sites for hydroxylation is 1. The molecule has 47 heavy (non-hydrogen) atoms. The minimum Gasteiger partial charge on any atom is -0.493 e. The van der Waals surface area contributed by atoms with Crippen LogP contribution in [0.4, 0.5) is 0 Å². The van der Waals surface area contributed by atoms with Crippen molar-refractivity contribution >= 4 is 11.9 Å². The summed E-state index contributed by atoms with van der Waals surface area (Å²) >= 11 is 0. The molecule has 0 heterocycles. The van der Waals surface area contributed by atoms with Gasteiger partial charge in [0, 0.05) is 30.4 Å². The highest BCUT2D eigenvalue weighted by molar-refractivity contribution is 5.82. The molecule has 0 N–H and O–H groups in total. The van der Waals surface area contributed by atoms with Gasteiger partial charge in [0.15, 0.2) is 0 Å². The van der Waals surface area contributed by atoms with Crippen molar-refractivity contribution < 1.29 is 28.5 Å². The number of fused-ring (bicyclic) bond motifs is 1. The van der Waals surface area contributed by atoms with Crippen molar-refractivity contribution in [3.05, 3.63) is 119 Å². The quantitative estimate of drug-likeness (QED) is 0.102. The lowest BCUT2D eigenvalue weighted by molar-refractivity contribution is -0.144. The highest BCUT2D eigenvalue weighted by Gasteiger charge is 2.41. The van der Waals surface area contributed by atoms with E-state index in [2.05, 4.69) is 62.4 Å². The highest BCUT2D eigenvalue weighted by atomic mass is 16.5. The Kier molecular flexibility index (Phi) is 13.7. The van der Waals surface area contributed by atoms with E-state index < -0.39 is 0 Å². The number of benzene rings is 3. The van der Waals surface area contributed by atoms with Gasteiger partial charge in [-0.05, 0) is 86.1 Å². The second-order valence-corrected chi connectivity index (χ2v) is 12.1. The molecule has 0 amide bonds. The molecular weight excluding hydrogens is 588 g/mol. The average Bonchev–Trinajstić information content (AvgIpc) is 3.46. The summed E-state index contributed by atoms with van der Waals surface area (Å²) in [5.41, 5.74) is 4.86. The first-order chi connectivity index (χ1) is 22.9. The molecule has 0 bridgehead atoms. The van der Waals surface area contributed by atoms with E-state index in [0.717, 1.165) is 50.0 Å². The Labute approximate surface area is 280 Å². The summed E-state index contributed by atoms with van der Waals surface area (Å²) < 4.78 is 23.4. The monoisotopic (exact) mass is 638 g/mol. The first kappa shape index (κ1) is 35.5. The molecule has 6 nitrogen and oxygen atoms in total. The van der Waals surface area contributed by atoms with E-state index in [1.54, 1.807) is 26.0 Å². The van der Waals surface area contributed by atoms with Crippen LogP contribution in [0, 0.1) is 0 Å². The van der Waals surface area contributed by atoms with Crippen LogP contribution in [-0.2, 0) is 30.9 Å². The molecule has 3 aromatic carbocycles. The number of hydrogen-bond donors (Lipinski definition) is 0. The Bertz CT molecular complexity index is 1390. The van der Waals surface area contributed by atoms with Gasteiger partial charge < -0.3 is 18.9 Å². The van der Waals surface area contributed by atoms with E-state index >= 15 is 0 Å². The zero-order valence-electron chi connectivity index (χ0n) is 28.4. The van der Waals surface area contributed by atoms with Crippen LogP contribution in [0.3, 0.4) is 0 Å². The first-order valence-corrected chi connectivity index (χ1v) is 17.1. The Balaban J connectivity index is 1.46. The predicted molar refractivity (Wildman–Crippen MR) is 187 cm³/mol. The lowest BCUT2D eigenvalue weighted by Crippen LogP contribution is -2.26. The van der Waals surface area contributed by atoms with E-state index in [-0.39, 0.29) is 29.6 Å². The molecule has 0 saturated heterocycles. The first-order valence-electron chi connectivity index (χ1n) is 17.1. The van der Waals surface area contributed by atoms with Crippen LogP contribution < -0.4 is 9.47 Å². The maximum atomic E-state index is 11.9. The molecule has 0 aromatic heterocycles. The predicted octanol–water partition coefficient (Wildman–Crippen LogP) is 9.08. The third-order valence-corrected chi connectivity index (χ3v) is 8.75. The van der Waals surface area contributed by atoms with E-state index in [1.165, 1.54) is 34.4 Å². The fraction of sp³-hybridized carbons (Fsp3) is 0.415. The van der Waals surface area contributed by atoms with E-state index in [0.29, 0.717) is 26.1 Å². The summed E-state index contributed by atoms with van der Waals surface area (Å²) in [7, 11) is 0. The third kappa shape index (κ3) is 9.60. The van der Waals surface area contributed by atoms with Crippen LogP contribution in [0.15, 0.2) is 97.1 Å². The minimum atomic E-state index is -0.305. The highest BCUT2D eigenvalue weighted by Crippen LogP contribution is 2.49. The van der Waals surface area contributed by atoms with Crippen molar-refractivity contribution in [1.82, 2.24) is 0 Å². The SMILES string of the molecule is CC=CC(=O)OC(CCC)CCOc1ccc(C2(c3ccc(OCCC(CCC)OC(=O)C=CC)cc3)CCc3ccccc32)cc1. The summed E-state index contributed by atoms with van der Waals surface area (Å²) in [4.78, 5) is 23.9. The Hall–Kier alpha value is -4.32. The lowest BCUT2D eigenvalue weighted by atomic mass is 9.70. The molecule has 0 aliphatic heterocycles. The van der Waals surface area contributed by atoms with Crippen LogP contribution in [0.5, 0.6) is 11.5 Å². The van der Waals surface area contributed by atoms with Crippen molar-refractivity contribution in [3.63, 3.8) is 0 Å². The van der Waals surface area contributed by atoms with Crippen molar-refractivity contribution in [1.29, 1.82) is 0 Å². The van der Waals surface area contributed by atoms with Crippen LogP contribution in [0.1, 0.15) is 94.9 Å². The molecule has 1 aliphatic rings. The summed E-state index contributed by atoms with van der Waals surface area (Å²) in [6.45, 7) is 8.73. The minimum absolute atomic E-state index is 0.160. The number of rotatable bonds is 18. The number of ether oxygens (including phenoxy) is 4. The van der Waals surface area contributed by atoms with Gasteiger partial charge in [-0.1, -0.05) is 87.4 Å². The number of carbonyl (C=O) groups excluding carboxylic acids is 2. The van der Waals surface area contributed by atoms with Crippen molar-refractivity contribution in [2.45, 2.75) is 96.7 Å². The van der Waals surface area contributed by atoms with Gasteiger partial charge in [0.05, 0.1) is 13.2 Å². The van der Waals surface area contributed by atoms with Gasteiger partial charge in [-0.3, -0.25) is 0 Å². The molecule has 250 valence electrons. The topological polar surface area (TPSA) is 71.1 Å². The molecule has 3 aromatic rings. The Morgan fingerprint density at radius 3 is 1.60 bits per heavy atom. The molecule has 6 heteroatoms. The summed E-state index contributed by atoms with van der Waals surface area (Å²) in [5, 5.41) is 0. The van der Waals surface area contributed by atoms with Gasteiger partial charge >= 0.3 is 11.9 Å². The summed E-state index contributed by atoms with van der Waals surface area (Å²) in [6.07, 6.45) is 12.7. The van der Waals surface area contributed by atoms with Crippen LogP contribution >= 0.6 is 0 Å². The molecule has 0 spiro atoms. The number of hydrogen-bond acceptors (Lipinski definition) is 6. The van der Waals surface area contributed by atoms with Gasteiger partial charge in [-0.15, -0.1) is 0 Å². The normalized spacial score (nSPS) is 16.9. The lowest BCUT2D eigenvalue weighted by Gasteiger charge is -2.32. The zero-order valence-corrected chi connectivity index (χ0v) is 28.4. The molecule has 2 atom stereocenters. The van der Waals surface area contributed by atoms with Gasteiger partial charge in [0.1, 0.15) is 23.7 Å². The van der Waals surface area contributed by atoms with Crippen molar-refractivity contribution in [2.75, 3.05) is 13.2 Å². The molecule has 0 radical (unpaired) electrons. The van der Waals surface area contributed by atoms with Gasteiger partial charge in [0.2, 0.25) is 0 Å². The zero-order chi connectivity index (χ0) is 33.5. The molecule has 0 saturated carbocycles. The Morgan fingerprint density at radius 2 is 1.15 bits per heavy atom. The van der Waals surface area contributed by atoms with Crippen molar-refractivity contribution in [3.8, 4) is 11.5 Å². The van der Waals surface area contributed by atoms with Crippen LogP contribution in [0.25, 0.3) is 0 Å². The fourth-order valence-electron chi connectivity index (χ4n) is 6.51. The Morgan fingerprint density at radius 1 is 0.681 bits per heavy atom. The summed E-state index contributed by atoms with van der Waals surface area (Å²) in [6, 6.07) is 25.6. The smallest absolute Gasteiger partial charge is 0.330 e. The number of carbonyl (C=O) groups is 2. The maximum Gasteiger partial charge on any atom is 0.330 e. The summed E-state index contributed by atoms with van der Waals surface area (Å²) in [5.74, 6) is 0.986. The fourth-order valence-corrected chi connectivity index (χ4v) is 6.51. The molecule has 0 fully saturated rings. The second-order valence-electron chi connectivity index (χ2n) is 12.1. The van der Waals surface area contributed by atoms with Crippen LogP contribution in [0.2, 0.25) is 0 Å². The van der Waals surface area contributed by atoms with E-state index in [9.17, 15) is 9.59 Å². The van der Waals surface area contributed by atoms with Gasteiger partial charge in [0.25, 0.3) is 0 Å². The standard InChI is InChI=1S/C41H50O6/c1-5-11-36(46-39(42)13-7-3)26-29-44-34-21-17-32(18-22-34)41(28-25-31-15-9-10-16-38(31)41)33-19-23-35(24-20-33)45-30-27-37(12-6-2)47-40(43)14-8-4/h7-10,13-24,36-37H,5-6,11-12,25-30H2,1-4H3. The van der Waals surface area contributed by atoms with Crippen LogP contribution in [-0.4, -0.2) is 37.4 Å². The number of esters is 2. The van der Waals surface area contributed by atoms with E-state index in [1.807, 2.05) is 24.3 Å². The second kappa shape index (κ2) is 18.1. The molecule has 4 rings (SSSR count). The maximum absolute atomic E-state index is 11.9.